The highest BCUT2D eigenvalue weighted by atomic mass is 19.2. The molecule has 0 unspecified atom stereocenters. The Labute approximate surface area is 116 Å². The van der Waals surface area contributed by atoms with E-state index < -0.39 is 23.0 Å². The second-order valence-corrected chi connectivity index (χ2v) is 5.19. The van der Waals surface area contributed by atoms with Crippen LogP contribution in [0.15, 0.2) is 18.2 Å². The minimum Gasteiger partial charge on any atom is -0.350 e. The molecule has 3 N–H and O–H groups in total. The van der Waals surface area contributed by atoms with E-state index in [1.54, 1.807) is 13.8 Å². The van der Waals surface area contributed by atoms with Gasteiger partial charge in [-0.25, -0.2) is 8.78 Å². The zero-order valence-corrected chi connectivity index (χ0v) is 11.5. The van der Waals surface area contributed by atoms with E-state index in [0.29, 0.717) is 0 Å². The second kappa shape index (κ2) is 6.56. The van der Waals surface area contributed by atoms with E-state index in [1.807, 2.05) is 0 Å². The quantitative estimate of drug-likeness (QED) is 0.782. The molecule has 0 bridgehead atoms. The van der Waals surface area contributed by atoms with Crippen LogP contribution in [0, 0.1) is 11.6 Å². The number of ketones is 1. The van der Waals surface area contributed by atoms with Gasteiger partial charge in [-0.3, -0.25) is 9.59 Å². The van der Waals surface area contributed by atoms with Crippen LogP contribution in [0.1, 0.15) is 37.0 Å². The Morgan fingerprint density at radius 1 is 1.20 bits per heavy atom. The summed E-state index contributed by atoms with van der Waals surface area (Å²) in [7, 11) is 0. The molecule has 1 aromatic carbocycles. The van der Waals surface area contributed by atoms with Crippen LogP contribution in [-0.2, 0) is 4.79 Å². The van der Waals surface area contributed by atoms with Crippen molar-refractivity contribution in [2.24, 2.45) is 5.73 Å². The first-order chi connectivity index (χ1) is 9.25. The number of amides is 1. The van der Waals surface area contributed by atoms with Crippen molar-refractivity contribution in [3.05, 3.63) is 35.4 Å². The van der Waals surface area contributed by atoms with Crippen LogP contribution in [0.4, 0.5) is 8.78 Å². The molecule has 0 spiro atoms. The smallest absolute Gasteiger partial charge is 0.220 e. The lowest BCUT2D eigenvalue weighted by molar-refractivity contribution is -0.122. The van der Waals surface area contributed by atoms with Gasteiger partial charge in [0.05, 0.1) is 0 Å². The molecule has 110 valence electrons. The van der Waals surface area contributed by atoms with E-state index in [4.69, 9.17) is 5.73 Å². The van der Waals surface area contributed by atoms with Gasteiger partial charge in [-0.1, -0.05) is 0 Å². The fourth-order valence-electron chi connectivity index (χ4n) is 1.53. The van der Waals surface area contributed by atoms with Gasteiger partial charge in [-0.2, -0.15) is 0 Å². The molecular weight excluding hydrogens is 266 g/mol. The number of hydrogen-bond acceptors (Lipinski definition) is 3. The maximum atomic E-state index is 13.0. The maximum Gasteiger partial charge on any atom is 0.220 e. The predicted octanol–water partition coefficient (Wildman–Crippen LogP) is 1.78. The first-order valence-corrected chi connectivity index (χ1v) is 6.24. The lowest BCUT2D eigenvalue weighted by Gasteiger charge is -2.24. The number of rotatable bonds is 6. The van der Waals surface area contributed by atoms with E-state index in [-0.39, 0.29) is 30.9 Å². The maximum absolute atomic E-state index is 13.0. The molecule has 0 aliphatic rings. The van der Waals surface area contributed by atoms with Crippen LogP contribution >= 0.6 is 0 Å². The summed E-state index contributed by atoms with van der Waals surface area (Å²) in [5.74, 6) is -2.81. The van der Waals surface area contributed by atoms with Gasteiger partial charge in [-0.15, -0.1) is 0 Å². The largest absolute Gasteiger partial charge is 0.350 e. The molecule has 0 aliphatic heterocycles. The highest BCUT2D eigenvalue weighted by Crippen LogP contribution is 2.11. The molecule has 0 saturated carbocycles. The van der Waals surface area contributed by atoms with Crippen LogP contribution in [0.2, 0.25) is 0 Å². The van der Waals surface area contributed by atoms with Gasteiger partial charge < -0.3 is 11.1 Å². The predicted molar refractivity (Wildman–Crippen MR) is 71.2 cm³/mol. The van der Waals surface area contributed by atoms with Crippen molar-refractivity contribution in [2.75, 3.05) is 6.54 Å². The van der Waals surface area contributed by atoms with Gasteiger partial charge in [0.25, 0.3) is 0 Å². The topological polar surface area (TPSA) is 72.2 Å². The van der Waals surface area contributed by atoms with Crippen molar-refractivity contribution < 1.29 is 18.4 Å². The average Bonchev–Trinajstić information content (AvgIpc) is 2.38. The van der Waals surface area contributed by atoms with Crippen molar-refractivity contribution in [2.45, 2.75) is 32.2 Å². The second-order valence-electron chi connectivity index (χ2n) is 5.19. The number of halogens is 2. The summed E-state index contributed by atoms with van der Waals surface area (Å²) in [5.41, 5.74) is 4.98. The fourth-order valence-corrected chi connectivity index (χ4v) is 1.53. The average molecular weight is 284 g/mol. The summed E-state index contributed by atoms with van der Waals surface area (Å²) < 4.78 is 25.7. The van der Waals surface area contributed by atoms with Crippen molar-refractivity contribution >= 4 is 11.7 Å². The standard InChI is InChI=1S/C14H18F2N2O2/c1-14(2,8-17)18-13(20)6-5-12(19)9-3-4-10(15)11(16)7-9/h3-4,7H,5-6,8,17H2,1-2H3,(H,18,20). The summed E-state index contributed by atoms with van der Waals surface area (Å²) >= 11 is 0. The van der Waals surface area contributed by atoms with Crippen LogP contribution in [0.5, 0.6) is 0 Å². The van der Waals surface area contributed by atoms with Gasteiger partial charge >= 0.3 is 0 Å². The summed E-state index contributed by atoms with van der Waals surface area (Å²) in [5, 5.41) is 2.68. The van der Waals surface area contributed by atoms with Crippen LogP contribution in [-0.4, -0.2) is 23.8 Å². The Bertz CT molecular complexity index is 516. The van der Waals surface area contributed by atoms with Crippen molar-refractivity contribution in [1.82, 2.24) is 5.32 Å². The molecule has 0 saturated heterocycles. The Kier molecular flexibility index (Phi) is 5.33. The molecular formula is C14H18F2N2O2. The molecule has 0 aromatic heterocycles. The normalized spacial score (nSPS) is 11.2. The Hall–Kier alpha value is -1.82. The number of carbonyl (C=O) groups is 2. The SMILES string of the molecule is CC(C)(CN)NC(=O)CCC(=O)c1ccc(F)c(F)c1. The number of benzene rings is 1. The first kappa shape index (κ1) is 16.2. The van der Waals surface area contributed by atoms with Gasteiger partial charge in [-0.05, 0) is 32.0 Å². The van der Waals surface area contributed by atoms with Gasteiger partial charge in [0.1, 0.15) is 0 Å². The van der Waals surface area contributed by atoms with E-state index >= 15 is 0 Å². The van der Waals surface area contributed by atoms with E-state index in [2.05, 4.69) is 5.32 Å². The van der Waals surface area contributed by atoms with E-state index in [1.165, 1.54) is 6.07 Å². The Morgan fingerprint density at radius 3 is 2.40 bits per heavy atom. The first-order valence-electron chi connectivity index (χ1n) is 6.24. The molecule has 0 atom stereocenters. The third kappa shape index (κ3) is 4.70. The van der Waals surface area contributed by atoms with Gasteiger partial charge in [0.15, 0.2) is 17.4 Å². The molecule has 1 aromatic rings. The molecule has 0 fully saturated rings. The summed E-state index contributed by atoms with van der Waals surface area (Å²) in [6, 6.07) is 2.92. The molecule has 1 rings (SSSR count). The molecule has 20 heavy (non-hydrogen) atoms. The molecule has 1 amide bonds. The van der Waals surface area contributed by atoms with Crippen LogP contribution in [0.3, 0.4) is 0 Å². The zero-order chi connectivity index (χ0) is 15.3. The molecule has 0 heterocycles. The fraction of sp³-hybridized carbons (Fsp3) is 0.429. The molecule has 0 radical (unpaired) electrons. The Morgan fingerprint density at radius 2 is 1.85 bits per heavy atom. The number of carbonyl (C=O) groups excluding carboxylic acids is 2. The van der Waals surface area contributed by atoms with E-state index in [9.17, 15) is 18.4 Å². The number of hydrogen-bond donors (Lipinski definition) is 2. The summed E-state index contributed by atoms with van der Waals surface area (Å²) in [4.78, 5) is 23.4. The number of nitrogens with one attached hydrogen (secondary N) is 1. The highest BCUT2D eigenvalue weighted by molar-refractivity contribution is 5.98. The minimum atomic E-state index is -1.08. The minimum absolute atomic E-state index is 0.0265. The Balaban J connectivity index is 2.55. The van der Waals surface area contributed by atoms with Gasteiger partial charge in [0.2, 0.25) is 5.91 Å². The molecule has 4 nitrogen and oxygen atoms in total. The summed E-state index contributed by atoms with van der Waals surface area (Å²) in [6.45, 7) is 3.81. The van der Waals surface area contributed by atoms with Crippen molar-refractivity contribution in [1.29, 1.82) is 0 Å². The third-order valence-electron chi connectivity index (χ3n) is 2.81. The monoisotopic (exact) mass is 284 g/mol. The molecule has 0 aliphatic carbocycles. The van der Waals surface area contributed by atoms with E-state index in [0.717, 1.165) is 12.1 Å². The highest BCUT2D eigenvalue weighted by Gasteiger charge is 2.19. The lowest BCUT2D eigenvalue weighted by Crippen LogP contribution is -2.48. The number of nitrogens with two attached hydrogens (primary N) is 1. The molecule has 6 heteroatoms. The zero-order valence-electron chi connectivity index (χ0n) is 11.5. The van der Waals surface area contributed by atoms with Crippen molar-refractivity contribution in [3.63, 3.8) is 0 Å². The van der Waals surface area contributed by atoms with Gasteiger partial charge in [0, 0.05) is 30.5 Å². The van der Waals surface area contributed by atoms with Crippen LogP contribution in [0.25, 0.3) is 0 Å². The lowest BCUT2D eigenvalue weighted by atomic mass is 10.0. The summed E-state index contributed by atoms with van der Waals surface area (Å²) in [6.07, 6.45) is -0.0984. The van der Waals surface area contributed by atoms with Crippen molar-refractivity contribution in [3.8, 4) is 0 Å². The van der Waals surface area contributed by atoms with Crippen LogP contribution < -0.4 is 11.1 Å². The number of Topliss-reactive ketones (excluding diaryl/α,β-unsaturated/α-hetero) is 1. The third-order valence-corrected chi connectivity index (χ3v) is 2.81.